The molecule has 1 aromatic heterocycles. The molecule has 2 aromatic rings. The first-order valence-electron chi connectivity index (χ1n) is 5.78. The molecule has 0 fully saturated rings. The first-order valence-corrected chi connectivity index (χ1v) is 7.26. The van der Waals surface area contributed by atoms with Crippen molar-refractivity contribution >= 4 is 21.8 Å². The van der Waals surface area contributed by atoms with E-state index in [0.29, 0.717) is 5.88 Å². The summed E-state index contributed by atoms with van der Waals surface area (Å²) in [5.74, 6) is -0.927. The average Bonchev–Trinajstić information content (AvgIpc) is 2.77. The molecule has 0 unspecified atom stereocenters. The van der Waals surface area contributed by atoms with E-state index in [1.54, 1.807) is 7.05 Å². The van der Waals surface area contributed by atoms with Gasteiger partial charge in [0.2, 0.25) is 5.88 Å². The van der Waals surface area contributed by atoms with Gasteiger partial charge in [0.25, 0.3) is 10.0 Å². The fraction of sp³-hybridized carbons (Fsp3) is 0.167. The molecule has 0 amide bonds. The molecular weight excluding hydrogens is 298 g/mol. The van der Waals surface area contributed by atoms with Gasteiger partial charge in [0.1, 0.15) is 4.90 Å². The second-order valence-corrected chi connectivity index (χ2v) is 5.75. The third-order valence-corrected chi connectivity index (χ3v) is 4.10. The SMILES string of the molecule is COc1cc(NS(=O)(=O)c2ccccc2C(=O)O)nn1C. The van der Waals surface area contributed by atoms with Crippen molar-refractivity contribution in [3.8, 4) is 5.88 Å². The minimum Gasteiger partial charge on any atom is -0.481 e. The third-order valence-electron chi connectivity index (χ3n) is 2.69. The van der Waals surface area contributed by atoms with E-state index < -0.39 is 16.0 Å². The lowest BCUT2D eigenvalue weighted by atomic mass is 10.2. The van der Waals surface area contributed by atoms with Gasteiger partial charge in [0.15, 0.2) is 5.82 Å². The van der Waals surface area contributed by atoms with Gasteiger partial charge in [0.05, 0.1) is 12.7 Å². The largest absolute Gasteiger partial charge is 0.481 e. The smallest absolute Gasteiger partial charge is 0.337 e. The number of methoxy groups -OCH3 is 1. The predicted molar refractivity (Wildman–Crippen MR) is 74.0 cm³/mol. The maximum atomic E-state index is 12.3. The Labute approximate surface area is 121 Å². The van der Waals surface area contributed by atoms with Crippen LogP contribution in [0.2, 0.25) is 0 Å². The lowest BCUT2D eigenvalue weighted by molar-refractivity contribution is 0.0692. The van der Waals surface area contributed by atoms with Crippen LogP contribution in [0.5, 0.6) is 5.88 Å². The van der Waals surface area contributed by atoms with E-state index in [1.165, 1.54) is 42.1 Å². The molecule has 0 aliphatic carbocycles. The monoisotopic (exact) mass is 311 g/mol. The van der Waals surface area contributed by atoms with Crippen LogP contribution in [0.25, 0.3) is 0 Å². The molecule has 1 heterocycles. The molecule has 0 aliphatic rings. The van der Waals surface area contributed by atoms with E-state index >= 15 is 0 Å². The fourth-order valence-corrected chi connectivity index (χ4v) is 2.95. The summed E-state index contributed by atoms with van der Waals surface area (Å²) in [5.41, 5.74) is -0.312. The Balaban J connectivity index is 2.41. The van der Waals surface area contributed by atoms with E-state index in [2.05, 4.69) is 9.82 Å². The second kappa shape index (κ2) is 5.44. The highest BCUT2D eigenvalue weighted by Gasteiger charge is 2.23. The van der Waals surface area contributed by atoms with Crippen LogP contribution in [-0.4, -0.2) is 36.4 Å². The number of aromatic nitrogens is 2. The minimum atomic E-state index is -4.06. The van der Waals surface area contributed by atoms with Crippen LogP contribution >= 0.6 is 0 Å². The number of carbonyl (C=O) groups is 1. The molecule has 8 nitrogen and oxygen atoms in total. The molecule has 0 spiro atoms. The highest BCUT2D eigenvalue weighted by molar-refractivity contribution is 7.92. The van der Waals surface area contributed by atoms with Crippen molar-refractivity contribution in [1.29, 1.82) is 0 Å². The molecule has 112 valence electrons. The topological polar surface area (TPSA) is 111 Å². The van der Waals surface area contributed by atoms with Crippen molar-refractivity contribution in [3.63, 3.8) is 0 Å². The molecular formula is C12H13N3O5S. The molecule has 0 bridgehead atoms. The summed E-state index contributed by atoms with van der Waals surface area (Å²) in [6.45, 7) is 0. The molecule has 1 aromatic carbocycles. The Morgan fingerprint density at radius 1 is 1.38 bits per heavy atom. The lowest BCUT2D eigenvalue weighted by Gasteiger charge is -2.07. The van der Waals surface area contributed by atoms with E-state index in [1.807, 2.05) is 0 Å². The number of carboxylic acid groups (broad SMARTS) is 1. The Kier molecular flexibility index (Phi) is 3.85. The number of nitrogens with one attached hydrogen (secondary N) is 1. The average molecular weight is 311 g/mol. The molecule has 2 rings (SSSR count). The van der Waals surface area contributed by atoms with Crippen LogP contribution in [0.3, 0.4) is 0 Å². The van der Waals surface area contributed by atoms with Crippen LogP contribution in [0.1, 0.15) is 10.4 Å². The minimum absolute atomic E-state index is 0.0366. The molecule has 0 saturated carbocycles. The number of hydrogen-bond acceptors (Lipinski definition) is 5. The summed E-state index contributed by atoms with van der Waals surface area (Å²) in [4.78, 5) is 10.8. The summed E-state index contributed by atoms with van der Waals surface area (Å²) in [5, 5.41) is 13.0. The first-order chi connectivity index (χ1) is 9.85. The third kappa shape index (κ3) is 2.97. The number of rotatable bonds is 5. The highest BCUT2D eigenvalue weighted by atomic mass is 32.2. The van der Waals surface area contributed by atoms with Crippen LogP contribution in [-0.2, 0) is 17.1 Å². The lowest BCUT2D eigenvalue weighted by Crippen LogP contribution is -2.17. The summed E-state index contributed by atoms with van der Waals surface area (Å²) in [6.07, 6.45) is 0. The van der Waals surface area contributed by atoms with Crippen molar-refractivity contribution in [3.05, 3.63) is 35.9 Å². The van der Waals surface area contributed by atoms with Gasteiger partial charge in [-0.1, -0.05) is 12.1 Å². The standard InChI is InChI=1S/C12H13N3O5S/c1-15-11(20-2)7-10(13-15)14-21(18,19)9-6-4-3-5-8(9)12(16)17/h3-7H,1-2H3,(H,13,14)(H,16,17). The zero-order chi connectivity index (χ0) is 15.6. The van der Waals surface area contributed by atoms with Gasteiger partial charge in [-0.3, -0.25) is 4.72 Å². The van der Waals surface area contributed by atoms with Crippen molar-refractivity contribution in [2.75, 3.05) is 11.8 Å². The number of anilines is 1. The summed E-state index contributed by atoms with van der Waals surface area (Å²) >= 11 is 0. The Bertz CT molecular complexity index is 782. The van der Waals surface area contributed by atoms with Crippen LogP contribution in [0.15, 0.2) is 35.2 Å². The van der Waals surface area contributed by atoms with Gasteiger partial charge >= 0.3 is 5.97 Å². The van der Waals surface area contributed by atoms with Crippen molar-refractivity contribution in [2.24, 2.45) is 7.05 Å². The van der Waals surface area contributed by atoms with Gasteiger partial charge in [-0.15, -0.1) is 0 Å². The van der Waals surface area contributed by atoms with Gasteiger partial charge in [-0.2, -0.15) is 5.10 Å². The fourth-order valence-electron chi connectivity index (χ4n) is 1.76. The number of aryl methyl sites for hydroxylation is 1. The number of sulfonamides is 1. The molecule has 0 saturated heterocycles. The molecule has 0 radical (unpaired) electrons. The number of nitrogens with zero attached hydrogens (tertiary/aromatic N) is 2. The van der Waals surface area contributed by atoms with Crippen molar-refractivity contribution in [1.82, 2.24) is 9.78 Å². The Hall–Kier alpha value is -2.55. The van der Waals surface area contributed by atoms with Crippen molar-refractivity contribution in [2.45, 2.75) is 4.90 Å². The maximum Gasteiger partial charge on any atom is 0.337 e. The normalized spacial score (nSPS) is 11.1. The van der Waals surface area contributed by atoms with Crippen LogP contribution < -0.4 is 9.46 Å². The summed E-state index contributed by atoms with van der Waals surface area (Å²) < 4.78 is 33.1. The number of ether oxygens (including phenoxy) is 1. The first kappa shape index (κ1) is 14.9. The van der Waals surface area contributed by atoms with Crippen LogP contribution in [0, 0.1) is 0 Å². The quantitative estimate of drug-likeness (QED) is 0.849. The molecule has 2 N–H and O–H groups in total. The van der Waals surface area contributed by atoms with E-state index in [0.717, 1.165) is 0 Å². The van der Waals surface area contributed by atoms with E-state index in [9.17, 15) is 13.2 Å². The van der Waals surface area contributed by atoms with Gasteiger partial charge in [-0.25, -0.2) is 17.9 Å². The molecule has 0 atom stereocenters. The molecule has 0 aliphatic heterocycles. The van der Waals surface area contributed by atoms with E-state index in [4.69, 9.17) is 9.84 Å². The highest BCUT2D eigenvalue weighted by Crippen LogP contribution is 2.21. The van der Waals surface area contributed by atoms with Gasteiger partial charge in [-0.05, 0) is 12.1 Å². The summed E-state index contributed by atoms with van der Waals surface area (Å²) in [6, 6.07) is 6.72. The second-order valence-electron chi connectivity index (χ2n) is 4.10. The number of benzene rings is 1. The van der Waals surface area contributed by atoms with E-state index in [-0.39, 0.29) is 16.3 Å². The zero-order valence-electron chi connectivity index (χ0n) is 11.3. The van der Waals surface area contributed by atoms with Gasteiger partial charge < -0.3 is 9.84 Å². The molecule has 9 heteroatoms. The Morgan fingerprint density at radius 3 is 2.62 bits per heavy atom. The van der Waals surface area contributed by atoms with Crippen molar-refractivity contribution < 1.29 is 23.1 Å². The molecule has 21 heavy (non-hydrogen) atoms. The maximum absolute atomic E-state index is 12.3. The predicted octanol–water partition coefficient (Wildman–Crippen LogP) is 0.928. The number of hydrogen-bond donors (Lipinski definition) is 2. The zero-order valence-corrected chi connectivity index (χ0v) is 12.1. The summed E-state index contributed by atoms with van der Waals surface area (Å²) in [7, 11) is -1.05. The van der Waals surface area contributed by atoms with Gasteiger partial charge in [0, 0.05) is 13.1 Å². The number of aromatic carboxylic acids is 1. The Morgan fingerprint density at radius 2 is 2.05 bits per heavy atom. The number of carboxylic acids is 1. The van der Waals surface area contributed by atoms with Crippen LogP contribution in [0.4, 0.5) is 5.82 Å².